The van der Waals surface area contributed by atoms with Crippen molar-refractivity contribution in [1.29, 1.82) is 0 Å². The van der Waals surface area contributed by atoms with Gasteiger partial charge in [0.15, 0.2) is 11.6 Å². The summed E-state index contributed by atoms with van der Waals surface area (Å²) >= 11 is 5.71. The number of hydrogen-bond acceptors (Lipinski definition) is 4. The minimum atomic E-state index is -0.444. The standard InChI is InChI=1S/C12H11ClFN3O/c1-7-6-15-12(13)17-11(7)16-8-3-4-10(18-2)9(14)5-8/h3-6H,1-2H3,(H,15,16,17). The molecule has 0 saturated carbocycles. The van der Waals surface area contributed by atoms with E-state index in [9.17, 15) is 4.39 Å². The summed E-state index contributed by atoms with van der Waals surface area (Å²) < 4.78 is 18.4. The van der Waals surface area contributed by atoms with Crippen molar-refractivity contribution in [2.75, 3.05) is 12.4 Å². The summed E-state index contributed by atoms with van der Waals surface area (Å²) in [6.07, 6.45) is 1.59. The molecule has 0 amide bonds. The maximum absolute atomic E-state index is 13.5. The van der Waals surface area contributed by atoms with Crippen molar-refractivity contribution in [1.82, 2.24) is 9.97 Å². The van der Waals surface area contributed by atoms with Crippen molar-refractivity contribution < 1.29 is 9.13 Å². The van der Waals surface area contributed by atoms with Crippen molar-refractivity contribution in [3.63, 3.8) is 0 Å². The molecule has 0 bridgehead atoms. The Morgan fingerprint density at radius 3 is 2.83 bits per heavy atom. The van der Waals surface area contributed by atoms with Crippen LogP contribution in [0.4, 0.5) is 15.9 Å². The van der Waals surface area contributed by atoms with Gasteiger partial charge in [0.05, 0.1) is 7.11 Å². The molecule has 6 heteroatoms. The fraction of sp³-hybridized carbons (Fsp3) is 0.167. The molecule has 1 heterocycles. The molecule has 0 fully saturated rings. The van der Waals surface area contributed by atoms with Crippen LogP contribution in [0.5, 0.6) is 5.75 Å². The highest BCUT2D eigenvalue weighted by Crippen LogP contribution is 2.24. The number of aryl methyl sites for hydroxylation is 1. The normalized spacial score (nSPS) is 10.2. The number of benzene rings is 1. The van der Waals surface area contributed by atoms with Gasteiger partial charge >= 0.3 is 0 Å². The van der Waals surface area contributed by atoms with E-state index in [-0.39, 0.29) is 11.0 Å². The molecule has 0 aliphatic carbocycles. The molecule has 4 nitrogen and oxygen atoms in total. The number of methoxy groups -OCH3 is 1. The Kier molecular flexibility index (Phi) is 3.62. The average molecular weight is 268 g/mol. The molecule has 0 unspecified atom stereocenters. The van der Waals surface area contributed by atoms with Crippen molar-refractivity contribution >= 4 is 23.1 Å². The second-order valence-corrected chi connectivity index (χ2v) is 3.98. The second kappa shape index (κ2) is 5.18. The molecule has 2 rings (SSSR count). The Bertz CT molecular complexity index is 577. The van der Waals surface area contributed by atoms with E-state index in [1.807, 2.05) is 6.92 Å². The third-order valence-electron chi connectivity index (χ3n) is 2.36. The highest BCUT2D eigenvalue weighted by atomic mass is 35.5. The molecule has 0 saturated heterocycles. The lowest BCUT2D eigenvalue weighted by Crippen LogP contribution is -1.99. The molecule has 1 aromatic carbocycles. The molecule has 0 atom stereocenters. The summed E-state index contributed by atoms with van der Waals surface area (Å²) in [4.78, 5) is 7.88. The number of aromatic nitrogens is 2. The number of halogens is 2. The van der Waals surface area contributed by atoms with Crippen LogP contribution in [0.3, 0.4) is 0 Å². The minimum absolute atomic E-state index is 0.136. The van der Waals surface area contributed by atoms with Crippen LogP contribution >= 0.6 is 11.6 Å². The largest absolute Gasteiger partial charge is 0.494 e. The van der Waals surface area contributed by atoms with Gasteiger partial charge in [0.1, 0.15) is 5.82 Å². The molecule has 0 aliphatic heterocycles. The van der Waals surface area contributed by atoms with Crippen molar-refractivity contribution in [3.05, 3.63) is 41.1 Å². The molecule has 0 radical (unpaired) electrons. The first kappa shape index (κ1) is 12.6. The molecule has 2 aromatic rings. The van der Waals surface area contributed by atoms with Crippen LogP contribution in [-0.2, 0) is 0 Å². The molecule has 1 N–H and O–H groups in total. The molecule has 94 valence electrons. The van der Waals surface area contributed by atoms with Crippen LogP contribution in [0.1, 0.15) is 5.56 Å². The second-order valence-electron chi connectivity index (χ2n) is 3.64. The summed E-state index contributed by atoms with van der Waals surface area (Å²) in [5.74, 6) is 0.290. The van der Waals surface area contributed by atoms with Crippen LogP contribution in [0.2, 0.25) is 5.28 Å². The first-order valence-electron chi connectivity index (χ1n) is 5.20. The summed E-state index contributed by atoms with van der Waals surface area (Å²) in [7, 11) is 1.42. The molecule has 0 aliphatic rings. The van der Waals surface area contributed by atoms with Gasteiger partial charge in [-0.1, -0.05) is 0 Å². The van der Waals surface area contributed by atoms with Crippen molar-refractivity contribution in [2.45, 2.75) is 6.92 Å². The minimum Gasteiger partial charge on any atom is -0.494 e. The van der Waals surface area contributed by atoms with Crippen LogP contribution in [0.15, 0.2) is 24.4 Å². The predicted octanol–water partition coefficient (Wildman–Crippen LogP) is 3.33. The smallest absolute Gasteiger partial charge is 0.224 e. The zero-order valence-electron chi connectivity index (χ0n) is 9.87. The van der Waals surface area contributed by atoms with E-state index in [1.165, 1.54) is 19.2 Å². The summed E-state index contributed by atoms with van der Waals surface area (Å²) in [5.41, 5.74) is 1.38. The SMILES string of the molecule is COc1ccc(Nc2nc(Cl)ncc2C)cc1F. The van der Waals surface area contributed by atoms with Gasteiger partial charge in [-0.3, -0.25) is 0 Å². The molecular weight excluding hydrogens is 257 g/mol. The van der Waals surface area contributed by atoms with E-state index in [0.29, 0.717) is 11.5 Å². The summed E-state index contributed by atoms with van der Waals surface area (Å²) in [6.45, 7) is 1.83. The maximum atomic E-state index is 13.5. The third-order valence-corrected chi connectivity index (χ3v) is 2.54. The van der Waals surface area contributed by atoms with Gasteiger partial charge in [-0.2, -0.15) is 0 Å². The van der Waals surface area contributed by atoms with Gasteiger partial charge in [0, 0.05) is 23.5 Å². The van der Waals surface area contributed by atoms with Gasteiger partial charge in [-0.05, 0) is 30.7 Å². The Hall–Kier alpha value is -1.88. The average Bonchev–Trinajstić information content (AvgIpc) is 2.34. The lowest BCUT2D eigenvalue weighted by molar-refractivity contribution is 0.386. The van der Waals surface area contributed by atoms with E-state index in [2.05, 4.69) is 15.3 Å². The Morgan fingerprint density at radius 2 is 2.17 bits per heavy atom. The number of ether oxygens (including phenoxy) is 1. The zero-order valence-corrected chi connectivity index (χ0v) is 10.6. The van der Waals surface area contributed by atoms with Crippen LogP contribution in [0, 0.1) is 12.7 Å². The van der Waals surface area contributed by atoms with E-state index in [1.54, 1.807) is 12.3 Å². The lowest BCUT2D eigenvalue weighted by atomic mass is 10.2. The highest BCUT2D eigenvalue weighted by Gasteiger charge is 2.06. The number of nitrogens with zero attached hydrogens (tertiary/aromatic N) is 2. The lowest BCUT2D eigenvalue weighted by Gasteiger charge is -2.09. The first-order valence-corrected chi connectivity index (χ1v) is 5.57. The fourth-order valence-electron chi connectivity index (χ4n) is 1.43. The summed E-state index contributed by atoms with van der Waals surface area (Å²) in [6, 6.07) is 4.56. The summed E-state index contributed by atoms with van der Waals surface area (Å²) in [5, 5.41) is 3.11. The quantitative estimate of drug-likeness (QED) is 0.867. The Balaban J connectivity index is 2.28. The Labute approximate surface area is 109 Å². The molecule has 18 heavy (non-hydrogen) atoms. The van der Waals surface area contributed by atoms with Crippen LogP contribution in [0.25, 0.3) is 0 Å². The number of nitrogens with one attached hydrogen (secondary N) is 1. The predicted molar refractivity (Wildman–Crippen MR) is 68.0 cm³/mol. The number of hydrogen-bond donors (Lipinski definition) is 1. The molecule has 1 aromatic heterocycles. The van der Waals surface area contributed by atoms with Gasteiger partial charge < -0.3 is 10.1 Å². The topological polar surface area (TPSA) is 47.0 Å². The van der Waals surface area contributed by atoms with E-state index in [0.717, 1.165) is 5.56 Å². The molecular formula is C12H11ClFN3O. The molecule has 0 spiro atoms. The monoisotopic (exact) mass is 267 g/mol. The van der Waals surface area contributed by atoms with Crippen molar-refractivity contribution in [3.8, 4) is 5.75 Å². The third kappa shape index (κ3) is 2.68. The highest BCUT2D eigenvalue weighted by molar-refractivity contribution is 6.28. The van der Waals surface area contributed by atoms with Gasteiger partial charge in [-0.25, -0.2) is 14.4 Å². The van der Waals surface area contributed by atoms with Crippen molar-refractivity contribution in [2.24, 2.45) is 0 Å². The van der Waals surface area contributed by atoms with Crippen LogP contribution < -0.4 is 10.1 Å². The van der Waals surface area contributed by atoms with Crippen LogP contribution in [-0.4, -0.2) is 17.1 Å². The number of anilines is 2. The van der Waals surface area contributed by atoms with Gasteiger partial charge in [0.2, 0.25) is 5.28 Å². The van der Waals surface area contributed by atoms with E-state index >= 15 is 0 Å². The van der Waals surface area contributed by atoms with E-state index in [4.69, 9.17) is 16.3 Å². The van der Waals surface area contributed by atoms with E-state index < -0.39 is 5.82 Å². The van der Waals surface area contributed by atoms with Gasteiger partial charge in [0.25, 0.3) is 0 Å². The Morgan fingerprint density at radius 1 is 1.39 bits per heavy atom. The maximum Gasteiger partial charge on any atom is 0.224 e. The zero-order chi connectivity index (χ0) is 13.1. The fourth-order valence-corrected chi connectivity index (χ4v) is 1.56. The first-order chi connectivity index (χ1) is 8.60. The number of rotatable bonds is 3. The van der Waals surface area contributed by atoms with Gasteiger partial charge in [-0.15, -0.1) is 0 Å².